The third kappa shape index (κ3) is 3.86. The van der Waals surface area contributed by atoms with Gasteiger partial charge in [-0.2, -0.15) is 0 Å². The van der Waals surface area contributed by atoms with E-state index >= 15 is 0 Å². The van der Waals surface area contributed by atoms with Gasteiger partial charge in [-0.25, -0.2) is 0 Å². The molecule has 2 nitrogen and oxygen atoms in total. The summed E-state index contributed by atoms with van der Waals surface area (Å²) in [4.78, 5) is 0. The van der Waals surface area contributed by atoms with Crippen molar-refractivity contribution in [2.45, 2.75) is 45.1 Å². The minimum atomic E-state index is 0.285. The number of furan rings is 1. The quantitative estimate of drug-likeness (QED) is 0.617. The van der Waals surface area contributed by atoms with E-state index in [0.717, 1.165) is 19.3 Å². The minimum Gasteiger partial charge on any atom is -0.462 e. The molecule has 0 aliphatic carbocycles. The lowest BCUT2D eigenvalue weighted by Gasteiger charge is -2.14. The molecule has 1 unspecified atom stereocenters. The molecule has 0 saturated heterocycles. The normalized spacial score (nSPS) is 12.7. The first kappa shape index (κ1) is 11.2. The van der Waals surface area contributed by atoms with Gasteiger partial charge in [-0.1, -0.05) is 26.7 Å². The number of hydrogen-bond donors (Lipinski definition) is 0. The van der Waals surface area contributed by atoms with E-state index in [-0.39, 0.29) is 6.10 Å². The van der Waals surface area contributed by atoms with Crippen LogP contribution in [0.15, 0.2) is 22.8 Å². The Morgan fingerprint density at radius 2 is 2.36 bits per heavy atom. The van der Waals surface area contributed by atoms with E-state index in [9.17, 15) is 0 Å². The SMILES string of the molecule is [CH2]CCCCC(CC)Oc1ccco1. The van der Waals surface area contributed by atoms with Gasteiger partial charge in [0.05, 0.1) is 6.26 Å². The first-order chi connectivity index (χ1) is 6.86. The van der Waals surface area contributed by atoms with E-state index in [1.807, 2.05) is 12.1 Å². The Balaban J connectivity index is 2.24. The highest BCUT2D eigenvalue weighted by molar-refractivity contribution is 5.04. The van der Waals surface area contributed by atoms with Gasteiger partial charge in [0, 0.05) is 6.07 Å². The maximum Gasteiger partial charge on any atom is 0.284 e. The molecular weight excluding hydrogens is 176 g/mol. The van der Waals surface area contributed by atoms with Gasteiger partial charge in [0.2, 0.25) is 0 Å². The molecule has 0 aliphatic heterocycles. The summed E-state index contributed by atoms with van der Waals surface area (Å²) in [6.45, 7) is 5.96. The second kappa shape index (κ2) is 6.52. The zero-order chi connectivity index (χ0) is 10.2. The van der Waals surface area contributed by atoms with Crippen molar-refractivity contribution in [2.75, 3.05) is 0 Å². The molecule has 1 heterocycles. The summed E-state index contributed by atoms with van der Waals surface area (Å²) in [5.74, 6) is 0.631. The summed E-state index contributed by atoms with van der Waals surface area (Å²) in [5, 5.41) is 0. The molecule has 0 bridgehead atoms. The van der Waals surface area contributed by atoms with E-state index in [4.69, 9.17) is 9.15 Å². The zero-order valence-corrected chi connectivity index (χ0v) is 8.87. The van der Waals surface area contributed by atoms with Crippen molar-refractivity contribution < 1.29 is 9.15 Å². The summed E-state index contributed by atoms with van der Waals surface area (Å²) in [6, 6.07) is 3.70. The molecule has 0 N–H and O–H groups in total. The van der Waals surface area contributed by atoms with Crippen LogP contribution >= 0.6 is 0 Å². The number of unbranched alkanes of at least 4 members (excludes halogenated alkanes) is 2. The van der Waals surface area contributed by atoms with Crippen LogP contribution in [0.2, 0.25) is 0 Å². The van der Waals surface area contributed by atoms with E-state index in [1.54, 1.807) is 6.26 Å². The Kier molecular flexibility index (Phi) is 5.20. The van der Waals surface area contributed by atoms with Crippen molar-refractivity contribution in [1.82, 2.24) is 0 Å². The molecule has 1 atom stereocenters. The van der Waals surface area contributed by atoms with E-state index in [2.05, 4.69) is 13.8 Å². The highest BCUT2D eigenvalue weighted by Crippen LogP contribution is 2.17. The van der Waals surface area contributed by atoms with Crippen molar-refractivity contribution in [1.29, 1.82) is 0 Å². The monoisotopic (exact) mass is 195 g/mol. The number of rotatable bonds is 7. The van der Waals surface area contributed by atoms with Crippen molar-refractivity contribution in [3.63, 3.8) is 0 Å². The van der Waals surface area contributed by atoms with Gasteiger partial charge in [0.25, 0.3) is 5.95 Å². The van der Waals surface area contributed by atoms with Gasteiger partial charge in [0.1, 0.15) is 6.10 Å². The highest BCUT2D eigenvalue weighted by Gasteiger charge is 2.08. The molecule has 79 valence electrons. The third-order valence-corrected chi connectivity index (χ3v) is 2.26. The summed E-state index contributed by atoms with van der Waals surface area (Å²) < 4.78 is 10.8. The lowest BCUT2D eigenvalue weighted by atomic mass is 10.1. The first-order valence-electron chi connectivity index (χ1n) is 5.36. The molecule has 2 heteroatoms. The standard InChI is InChI=1S/C12H19O2/c1-3-5-6-8-11(4-2)14-12-9-7-10-13-12/h7,9-11H,1,3-6,8H2,2H3. The Labute approximate surface area is 86.3 Å². The molecule has 1 aromatic heterocycles. The van der Waals surface area contributed by atoms with E-state index in [1.165, 1.54) is 12.8 Å². The summed E-state index contributed by atoms with van der Waals surface area (Å²) in [7, 11) is 0. The second-order valence-corrected chi connectivity index (χ2v) is 3.43. The Bertz CT molecular complexity index is 216. The molecule has 0 aromatic carbocycles. The van der Waals surface area contributed by atoms with Gasteiger partial charge < -0.3 is 9.15 Å². The smallest absolute Gasteiger partial charge is 0.284 e. The van der Waals surface area contributed by atoms with Crippen LogP contribution in [0.5, 0.6) is 5.95 Å². The lowest BCUT2D eigenvalue weighted by Crippen LogP contribution is -2.14. The Morgan fingerprint density at radius 3 is 2.93 bits per heavy atom. The van der Waals surface area contributed by atoms with Crippen LogP contribution in [0.4, 0.5) is 0 Å². The number of hydrogen-bond acceptors (Lipinski definition) is 2. The fraction of sp³-hybridized carbons (Fsp3) is 0.583. The van der Waals surface area contributed by atoms with Crippen LogP contribution in [0.25, 0.3) is 0 Å². The van der Waals surface area contributed by atoms with Crippen LogP contribution in [-0.4, -0.2) is 6.10 Å². The van der Waals surface area contributed by atoms with Crippen LogP contribution in [-0.2, 0) is 0 Å². The molecule has 0 saturated carbocycles. The zero-order valence-electron chi connectivity index (χ0n) is 8.87. The number of ether oxygens (including phenoxy) is 1. The van der Waals surface area contributed by atoms with E-state index in [0.29, 0.717) is 5.95 Å². The molecule has 1 aromatic rings. The van der Waals surface area contributed by atoms with Crippen molar-refractivity contribution in [3.8, 4) is 5.95 Å². The molecule has 14 heavy (non-hydrogen) atoms. The largest absolute Gasteiger partial charge is 0.462 e. The van der Waals surface area contributed by atoms with Crippen molar-refractivity contribution in [2.24, 2.45) is 0 Å². The molecule has 0 spiro atoms. The van der Waals surface area contributed by atoms with Gasteiger partial charge in [-0.3, -0.25) is 0 Å². The van der Waals surface area contributed by atoms with Gasteiger partial charge in [-0.05, 0) is 25.3 Å². The van der Waals surface area contributed by atoms with Crippen LogP contribution in [0.1, 0.15) is 39.0 Å². The van der Waals surface area contributed by atoms with Crippen LogP contribution < -0.4 is 4.74 Å². The first-order valence-corrected chi connectivity index (χ1v) is 5.36. The summed E-state index contributed by atoms with van der Waals surface area (Å²) >= 11 is 0. The predicted molar refractivity (Wildman–Crippen MR) is 57.2 cm³/mol. The average molecular weight is 195 g/mol. The maximum atomic E-state index is 5.66. The van der Waals surface area contributed by atoms with Crippen molar-refractivity contribution >= 4 is 0 Å². The fourth-order valence-electron chi connectivity index (χ4n) is 1.39. The van der Waals surface area contributed by atoms with E-state index < -0.39 is 0 Å². The molecule has 1 rings (SSSR count). The van der Waals surface area contributed by atoms with Gasteiger partial charge in [-0.15, -0.1) is 0 Å². The maximum absolute atomic E-state index is 5.66. The Hall–Kier alpha value is -0.920. The van der Waals surface area contributed by atoms with Gasteiger partial charge in [0.15, 0.2) is 0 Å². The second-order valence-electron chi connectivity index (χ2n) is 3.43. The summed E-state index contributed by atoms with van der Waals surface area (Å²) in [6.07, 6.45) is 7.41. The molecule has 0 fully saturated rings. The molecule has 0 aliphatic rings. The summed E-state index contributed by atoms with van der Waals surface area (Å²) in [5.41, 5.74) is 0. The van der Waals surface area contributed by atoms with Crippen molar-refractivity contribution in [3.05, 3.63) is 25.3 Å². The van der Waals surface area contributed by atoms with Crippen LogP contribution in [0.3, 0.4) is 0 Å². The highest BCUT2D eigenvalue weighted by atomic mass is 16.6. The predicted octanol–water partition coefficient (Wildman–Crippen LogP) is 3.83. The molecular formula is C12H19O2. The average Bonchev–Trinajstić information content (AvgIpc) is 2.69. The van der Waals surface area contributed by atoms with Gasteiger partial charge >= 0.3 is 0 Å². The fourth-order valence-corrected chi connectivity index (χ4v) is 1.39. The van der Waals surface area contributed by atoms with Crippen LogP contribution in [0, 0.1) is 6.92 Å². The molecule has 1 radical (unpaired) electrons. The third-order valence-electron chi connectivity index (χ3n) is 2.26. The lowest BCUT2D eigenvalue weighted by molar-refractivity contribution is 0.142. The minimum absolute atomic E-state index is 0.285. The Morgan fingerprint density at radius 1 is 1.50 bits per heavy atom. The topological polar surface area (TPSA) is 22.4 Å². The molecule has 0 amide bonds.